The summed E-state index contributed by atoms with van der Waals surface area (Å²) in [4.78, 5) is 9.05. The fourth-order valence-corrected chi connectivity index (χ4v) is 0.890. The summed E-state index contributed by atoms with van der Waals surface area (Å²) in [7, 11) is 1.94. The quantitative estimate of drug-likeness (QED) is 0.635. The Hall–Kier alpha value is -0.870. The smallest absolute Gasteiger partial charge is 0.120 e. The standard InChI is InChI=1S/C7H13N3O/c1-10(4-5-11)6-7-8-2-3-9-7/h2-3,11H,4-6H2,1H3,(H,8,9). The second-order valence-corrected chi connectivity index (χ2v) is 2.50. The minimum atomic E-state index is 0.192. The third-order valence-electron chi connectivity index (χ3n) is 1.46. The van der Waals surface area contributed by atoms with Gasteiger partial charge in [-0.3, -0.25) is 4.90 Å². The lowest BCUT2D eigenvalue weighted by molar-refractivity contribution is 0.215. The van der Waals surface area contributed by atoms with Crippen LogP contribution in [0, 0.1) is 0 Å². The van der Waals surface area contributed by atoms with Gasteiger partial charge in [-0.2, -0.15) is 0 Å². The van der Waals surface area contributed by atoms with E-state index in [0.717, 1.165) is 12.4 Å². The molecule has 1 heterocycles. The molecule has 0 aliphatic carbocycles. The van der Waals surface area contributed by atoms with E-state index in [1.54, 1.807) is 12.4 Å². The molecule has 0 saturated carbocycles. The lowest BCUT2D eigenvalue weighted by atomic mass is 10.5. The molecule has 11 heavy (non-hydrogen) atoms. The molecule has 62 valence electrons. The number of likely N-dealkylation sites (N-methyl/N-ethyl adjacent to an activating group) is 1. The minimum Gasteiger partial charge on any atom is -0.395 e. The summed E-state index contributed by atoms with van der Waals surface area (Å²) in [5.41, 5.74) is 0. The van der Waals surface area contributed by atoms with Gasteiger partial charge in [-0.05, 0) is 7.05 Å². The van der Waals surface area contributed by atoms with E-state index in [-0.39, 0.29) is 6.61 Å². The van der Waals surface area contributed by atoms with Gasteiger partial charge >= 0.3 is 0 Å². The van der Waals surface area contributed by atoms with E-state index in [0.29, 0.717) is 6.54 Å². The summed E-state index contributed by atoms with van der Waals surface area (Å²) < 4.78 is 0. The van der Waals surface area contributed by atoms with E-state index in [1.807, 2.05) is 11.9 Å². The van der Waals surface area contributed by atoms with Crippen LogP contribution in [-0.4, -0.2) is 40.2 Å². The maximum atomic E-state index is 8.59. The number of aliphatic hydroxyl groups is 1. The SMILES string of the molecule is CN(CCO)Cc1ncc[nH]1. The molecule has 0 radical (unpaired) electrons. The normalized spacial score (nSPS) is 10.8. The topological polar surface area (TPSA) is 52.1 Å². The number of hydrogen-bond acceptors (Lipinski definition) is 3. The van der Waals surface area contributed by atoms with Gasteiger partial charge in [0.15, 0.2) is 0 Å². The Morgan fingerprint density at radius 1 is 1.73 bits per heavy atom. The zero-order valence-electron chi connectivity index (χ0n) is 6.62. The van der Waals surface area contributed by atoms with Crippen LogP contribution in [-0.2, 0) is 6.54 Å². The molecule has 0 spiro atoms. The average molecular weight is 155 g/mol. The van der Waals surface area contributed by atoms with Gasteiger partial charge in [-0.15, -0.1) is 0 Å². The van der Waals surface area contributed by atoms with Crippen molar-refractivity contribution >= 4 is 0 Å². The molecule has 0 amide bonds. The molecule has 0 saturated heterocycles. The van der Waals surface area contributed by atoms with Crippen LogP contribution in [0.4, 0.5) is 0 Å². The number of H-pyrrole nitrogens is 1. The van der Waals surface area contributed by atoms with Gasteiger partial charge in [-0.1, -0.05) is 0 Å². The van der Waals surface area contributed by atoms with Crippen molar-refractivity contribution in [2.45, 2.75) is 6.54 Å². The monoisotopic (exact) mass is 155 g/mol. The highest BCUT2D eigenvalue weighted by molar-refractivity contribution is 4.86. The number of imidazole rings is 1. The third-order valence-corrected chi connectivity index (χ3v) is 1.46. The van der Waals surface area contributed by atoms with Gasteiger partial charge < -0.3 is 10.1 Å². The molecule has 4 nitrogen and oxygen atoms in total. The zero-order chi connectivity index (χ0) is 8.10. The highest BCUT2D eigenvalue weighted by Gasteiger charge is 1.99. The van der Waals surface area contributed by atoms with Crippen LogP contribution in [0.2, 0.25) is 0 Å². The molecule has 0 aromatic carbocycles. The molecule has 0 fully saturated rings. The number of hydrogen-bond donors (Lipinski definition) is 2. The molecule has 1 aromatic heterocycles. The van der Waals surface area contributed by atoms with Crippen molar-refractivity contribution in [1.82, 2.24) is 14.9 Å². The van der Waals surface area contributed by atoms with E-state index in [9.17, 15) is 0 Å². The van der Waals surface area contributed by atoms with E-state index >= 15 is 0 Å². The maximum Gasteiger partial charge on any atom is 0.120 e. The minimum absolute atomic E-state index is 0.192. The Balaban J connectivity index is 2.31. The third kappa shape index (κ3) is 2.69. The highest BCUT2D eigenvalue weighted by Crippen LogP contribution is 1.93. The zero-order valence-corrected chi connectivity index (χ0v) is 6.62. The van der Waals surface area contributed by atoms with Crippen molar-refractivity contribution in [1.29, 1.82) is 0 Å². The number of rotatable bonds is 4. The lowest BCUT2D eigenvalue weighted by Crippen LogP contribution is -2.22. The van der Waals surface area contributed by atoms with Crippen LogP contribution in [0.1, 0.15) is 5.82 Å². The van der Waals surface area contributed by atoms with Crippen molar-refractivity contribution in [3.05, 3.63) is 18.2 Å². The fourth-order valence-electron chi connectivity index (χ4n) is 0.890. The van der Waals surface area contributed by atoms with Crippen LogP contribution < -0.4 is 0 Å². The largest absolute Gasteiger partial charge is 0.395 e. The highest BCUT2D eigenvalue weighted by atomic mass is 16.3. The first-order chi connectivity index (χ1) is 5.33. The summed E-state index contributed by atoms with van der Waals surface area (Å²) in [6.07, 6.45) is 3.52. The van der Waals surface area contributed by atoms with Crippen LogP contribution in [0.5, 0.6) is 0 Å². The molecule has 0 aliphatic heterocycles. The molecule has 0 aliphatic rings. The number of nitrogens with zero attached hydrogens (tertiary/aromatic N) is 2. The molecular formula is C7H13N3O. The van der Waals surface area contributed by atoms with Crippen LogP contribution in [0.15, 0.2) is 12.4 Å². The second-order valence-electron chi connectivity index (χ2n) is 2.50. The summed E-state index contributed by atoms with van der Waals surface area (Å²) in [6.45, 7) is 1.63. The molecule has 0 bridgehead atoms. The Bertz CT molecular complexity index is 186. The molecule has 2 N–H and O–H groups in total. The first-order valence-electron chi connectivity index (χ1n) is 3.60. The average Bonchev–Trinajstić information content (AvgIpc) is 2.40. The Kier molecular flexibility index (Phi) is 3.07. The molecule has 0 unspecified atom stereocenters. The van der Waals surface area contributed by atoms with E-state index in [4.69, 9.17) is 5.11 Å². The van der Waals surface area contributed by atoms with Crippen LogP contribution in [0.25, 0.3) is 0 Å². The maximum absolute atomic E-state index is 8.59. The number of aliphatic hydroxyl groups excluding tert-OH is 1. The molecule has 0 atom stereocenters. The lowest BCUT2D eigenvalue weighted by Gasteiger charge is -2.12. The predicted molar refractivity (Wildman–Crippen MR) is 42.0 cm³/mol. The summed E-state index contributed by atoms with van der Waals surface area (Å²) in [6, 6.07) is 0. The van der Waals surface area contributed by atoms with Crippen LogP contribution >= 0.6 is 0 Å². The van der Waals surface area contributed by atoms with Gasteiger partial charge in [0.1, 0.15) is 5.82 Å². The second kappa shape index (κ2) is 4.10. The van der Waals surface area contributed by atoms with Gasteiger partial charge in [0.2, 0.25) is 0 Å². The van der Waals surface area contributed by atoms with Gasteiger partial charge in [0.25, 0.3) is 0 Å². The number of aromatic amines is 1. The molecular weight excluding hydrogens is 142 g/mol. The van der Waals surface area contributed by atoms with Crippen molar-refractivity contribution in [3.63, 3.8) is 0 Å². The van der Waals surface area contributed by atoms with Crippen molar-refractivity contribution in [2.24, 2.45) is 0 Å². The van der Waals surface area contributed by atoms with Crippen LogP contribution in [0.3, 0.4) is 0 Å². The van der Waals surface area contributed by atoms with Gasteiger partial charge in [0, 0.05) is 18.9 Å². The van der Waals surface area contributed by atoms with Crippen molar-refractivity contribution in [2.75, 3.05) is 20.2 Å². The summed E-state index contributed by atoms with van der Waals surface area (Å²) in [5, 5.41) is 8.59. The molecule has 1 rings (SSSR count). The first-order valence-corrected chi connectivity index (χ1v) is 3.60. The summed E-state index contributed by atoms with van der Waals surface area (Å²) in [5.74, 6) is 0.931. The summed E-state index contributed by atoms with van der Waals surface area (Å²) >= 11 is 0. The Morgan fingerprint density at radius 2 is 2.55 bits per heavy atom. The van der Waals surface area contributed by atoms with E-state index in [1.165, 1.54) is 0 Å². The van der Waals surface area contributed by atoms with Crippen molar-refractivity contribution in [3.8, 4) is 0 Å². The van der Waals surface area contributed by atoms with Gasteiger partial charge in [-0.25, -0.2) is 4.98 Å². The predicted octanol–water partition coefficient (Wildman–Crippen LogP) is -0.166. The van der Waals surface area contributed by atoms with E-state index < -0.39 is 0 Å². The van der Waals surface area contributed by atoms with Gasteiger partial charge in [0.05, 0.1) is 13.2 Å². The molecule has 1 aromatic rings. The molecule has 4 heteroatoms. The fraction of sp³-hybridized carbons (Fsp3) is 0.571. The first kappa shape index (κ1) is 8.23. The number of aromatic nitrogens is 2. The van der Waals surface area contributed by atoms with E-state index in [2.05, 4.69) is 9.97 Å². The Labute approximate surface area is 65.9 Å². The Morgan fingerprint density at radius 3 is 3.09 bits per heavy atom. The number of nitrogens with one attached hydrogen (secondary N) is 1. The van der Waals surface area contributed by atoms with Crippen molar-refractivity contribution < 1.29 is 5.11 Å².